The van der Waals surface area contributed by atoms with Crippen molar-refractivity contribution in [2.45, 2.75) is 19.3 Å². The molecule has 1 aromatic heterocycles. The Hall–Kier alpha value is -2.50. The van der Waals surface area contributed by atoms with Crippen LogP contribution in [0.3, 0.4) is 0 Å². The molecular weight excluding hydrogens is 282 g/mol. The number of hydrogen-bond donors (Lipinski definition) is 1. The maximum atomic E-state index is 12.2. The maximum Gasteiger partial charge on any atom is 0.323 e. The fraction of sp³-hybridized carbons (Fsp3) is 0.375. The Morgan fingerprint density at radius 2 is 2.18 bits per heavy atom. The molecule has 1 N–H and O–H groups in total. The Bertz CT molecular complexity index is 651. The monoisotopic (exact) mass is 301 g/mol. The number of likely N-dealkylation sites (tertiary alicyclic amines) is 1. The average molecular weight is 301 g/mol. The molecule has 1 fully saturated rings. The molecular formula is C16H19N3O3. The van der Waals surface area contributed by atoms with E-state index in [9.17, 15) is 4.79 Å². The maximum absolute atomic E-state index is 12.2. The van der Waals surface area contributed by atoms with Gasteiger partial charge in [-0.3, -0.25) is 5.32 Å². The number of aryl methyl sites for hydroxylation is 1. The van der Waals surface area contributed by atoms with Crippen molar-refractivity contribution >= 4 is 11.8 Å². The van der Waals surface area contributed by atoms with Crippen LogP contribution in [0.25, 0.3) is 0 Å². The summed E-state index contributed by atoms with van der Waals surface area (Å²) in [7, 11) is 1.66. The molecule has 0 spiro atoms. The number of aromatic nitrogens is 1. The van der Waals surface area contributed by atoms with E-state index >= 15 is 0 Å². The number of ether oxygens (including phenoxy) is 1. The summed E-state index contributed by atoms with van der Waals surface area (Å²) in [6, 6.07) is 9.60. The van der Waals surface area contributed by atoms with Gasteiger partial charge in [0.25, 0.3) is 0 Å². The Balaban J connectivity index is 1.60. The Kier molecular flexibility index (Phi) is 4.00. The molecule has 0 aliphatic carbocycles. The van der Waals surface area contributed by atoms with Crippen molar-refractivity contribution in [3.05, 3.63) is 41.7 Å². The van der Waals surface area contributed by atoms with Gasteiger partial charge in [0.1, 0.15) is 11.5 Å². The van der Waals surface area contributed by atoms with Gasteiger partial charge in [0, 0.05) is 25.1 Å². The summed E-state index contributed by atoms with van der Waals surface area (Å²) < 4.78 is 10.1. The number of benzene rings is 1. The Morgan fingerprint density at radius 3 is 2.82 bits per heavy atom. The summed E-state index contributed by atoms with van der Waals surface area (Å²) in [4.78, 5) is 14.0. The minimum Gasteiger partial charge on any atom is -0.497 e. The topological polar surface area (TPSA) is 67.6 Å². The summed E-state index contributed by atoms with van der Waals surface area (Å²) in [5, 5.41) is 6.53. The molecule has 0 unspecified atom stereocenters. The number of nitrogens with one attached hydrogen (secondary N) is 1. The highest BCUT2D eigenvalue weighted by Gasteiger charge is 2.27. The van der Waals surface area contributed by atoms with Crippen LogP contribution in [0, 0.1) is 6.92 Å². The first kappa shape index (κ1) is 14.4. The van der Waals surface area contributed by atoms with E-state index in [4.69, 9.17) is 9.26 Å². The molecule has 6 nitrogen and oxygen atoms in total. The van der Waals surface area contributed by atoms with E-state index in [-0.39, 0.29) is 6.03 Å². The van der Waals surface area contributed by atoms with E-state index in [1.54, 1.807) is 25.0 Å². The fourth-order valence-electron chi connectivity index (χ4n) is 2.71. The lowest BCUT2D eigenvalue weighted by atomic mass is 9.98. The van der Waals surface area contributed by atoms with Gasteiger partial charge in [-0.25, -0.2) is 4.79 Å². The second-order valence-electron chi connectivity index (χ2n) is 5.46. The SMILES string of the molecule is COc1ccc([C@@H]2CCN(C(=O)Nc3cc(C)on3)C2)cc1. The zero-order chi connectivity index (χ0) is 15.5. The number of carbonyl (C=O) groups is 1. The van der Waals surface area contributed by atoms with Crippen LogP contribution in [0.15, 0.2) is 34.9 Å². The molecule has 1 aliphatic rings. The van der Waals surface area contributed by atoms with Crippen LogP contribution in [-0.4, -0.2) is 36.3 Å². The zero-order valence-corrected chi connectivity index (χ0v) is 12.7. The van der Waals surface area contributed by atoms with Gasteiger partial charge in [0.15, 0.2) is 5.82 Å². The molecule has 1 aromatic carbocycles. The van der Waals surface area contributed by atoms with Crippen LogP contribution >= 0.6 is 0 Å². The van der Waals surface area contributed by atoms with Gasteiger partial charge in [0.2, 0.25) is 0 Å². The van der Waals surface area contributed by atoms with E-state index in [1.165, 1.54) is 5.56 Å². The van der Waals surface area contributed by atoms with Crippen LogP contribution in [0.4, 0.5) is 10.6 Å². The van der Waals surface area contributed by atoms with Crippen molar-refractivity contribution in [3.8, 4) is 5.75 Å². The van der Waals surface area contributed by atoms with Crippen molar-refractivity contribution in [1.29, 1.82) is 0 Å². The van der Waals surface area contributed by atoms with Crippen molar-refractivity contribution in [2.24, 2.45) is 0 Å². The molecule has 116 valence electrons. The number of urea groups is 1. The number of nitrogens with zero attached hydrogens (tertiary/aromatic N) is 2. The fourth-order valence-corrected chi connectivity index (χ4v) is 2.71. The van der Waals surface area contributed by atoms with Gasteiger partial charge in [0.05, 0.1) is 7.11 Å². The Labute approximate surface area is 129 Å². The number of anilines is 1. The summed E-state index contributed by atoms with van der Waals surface area (Å²) in [6.07, 6.45) is 0.956. The first-order valence-electron chi connectivity index (χ1n) is 7.29. The highest BCUT2D eigenvalue weighted by molar-refractivity contribution is 5.88. The number of hydrogen-bond acceptors (Lipinski definition) is 4. The molecule has 6 heteroatoms. The van der Waals surface area contributed by atoms with Gasteiger partial charge in [-0.05, 0) is 31.0 Å². The second-order valence-corrected chi connectivity index (χ2v) is 5.46. The lowest BCUT2D eigenvalue weighted by molar-refractivity contribution is 0.221. The molecule has 22 heavy (non-hydrogen) atoms. The minimum absolute atomic E-state index is 0.135. The quantitative estimate of drug-likeness (QED) is 0.946. The lowest BCUT2D eigenvalue weighted by Crippen LogP contribution is -2.32. The number of methoxy groups -OCH3 is 1. The van der Waals surface area contributed by atoms with Crippen LogP contribution in [-0.2, 0) is 0 Å². The van der Waals surface area contributed by atoms with Gasteiger partial charge >= 0.3 is 6.03 Å². The molecule has 0 bridgehead atoms. The van der Waals surface area contributed by atoms with E-state index in [0.29, 0.717) is 24.0 Å². The largest absolute Gasteiger partial charge is 0.497 e. The van der Waals surface area contributed by atoms with E-state index in [0.717, 1.165) is 18.7 Å². The first-order chi connectivity index (χ1) is 10.7. The van der Waals surface area contributed by atoms with E-state index in [2.05, 4.69) is 22.6 Å². The zero-order valence-electron chi connectivity index (χ0n) is 12.7. The molecule has 2 amide bonds. The molecule has 0 radical (unpaired) electrons. The number of rotatable bonds is 3. The number of amides is 2. The summed E-state index contributed by atoms with van der Waals surface area (Å²) in [6.45, 7) is 3.23. The summed E-state index contributed by atoms with van der Waals surface area (Å²) >= 11 is 0. The second kappa shape index (κ2) is 6.09. The van der Waals surface area contributed by atoms with Crippen LogP contribution in [0.2, 0.25) is 0 Å². The molecule has 2 heterocycles. The lowest BCUT2D eigenvalue weighted by Gasteiger charge is -2.16. The average Bonchev–Trinajstić information content (AvgIpc) is 3.17. The molecule has 0 saturated carbocycles. The van der Waals surface area contributed by atoms with Crippen LogP contribution in [0.1, 0.15) is 23.7 Å². The minimum atomic E-state index is -0.135. The van der Waals surface area contributed by atoms with Gasteiger partial charge in [-0.15, -0.1) is 0 Å². The standard InChI is InChI=1S/C16H19N3O3/c1-11-9-15(18-22-11)17-16(20)19-8-7-13(10-19)12-3-5-14(21-2)6-4-12/h3-6,9,13H,7-8,10H2,1-2H3,(H,17,18,20)/t13-/m1/s1. The first-order valence-corrected chi connectivity index (χ1v) is 7.29. The predicted octanol–water partition coefficient (Wildman–Crippen LogP) is 3.01. The van der Waals surface area contributed by atoms with Gasteiger partial charge in [-0.2, -0.15) is 0 Å². The number of carbonyl (C=O) groups excluding carboxylic acids is 1. The third-order valence-corrected chi connectivity index (χ3v) is 3.93. The normalized spacial score (nSPS) is 17.5. The Morgan fingerprint density at radius 1 is 1.41 bits per heavy atom. The van der Waals surface area contributed by atoms with E-state index < -0.39 is 0 Å². The van der Waals surface area contributed by atoms with Crippen LogP contribution < -0.4 is 10.1 Å². The molecule has 2 aromatic rings. The highest BCUT2D eigenvalue weighted by atomic mass is 16.5. The molecule has 1 aliphatic heterocycles. The van der Waals surface area contributed by atoms with Crippen molar-refractivity contribution in [3.63, 3.8) is 0 Å². The third-order valence-electron chi connectivity index (χ3n) is 3.93. The van der Waals surface area contributed by atoms with Crippen molar-refractivity contribution < 1.29 is 14.1 Å². The van der Waals surface area contributed by atoms with Gasteiger partial charge < -0.3 is 14.2 Å². The highest BCUT2D eigenvalue weighted by Crippen LogP contribution is 2.28. The predicted molar refractivity (Wildman–Crippen MR) is 82.2 cm³/mol. The molecule has 1 saturated heterocycles. The summed E-state index contributed by atoms with van der Waals surface area (Å²) in [5.74, 6) is 2.33. The van der Waals surface area contributed by atoms with Crippen molar-refractivity contribution in [1.82, 2.24) is 10.1 Å². The molecule has 1 atom stereocenters. The summed E-state index contributed by atoms with van der Waals surface area (Å²) in [5.41, 5.74) is 1.23. The van der Waals surface area contributed by atoms with Gasteiger partial charge in [-0.1, -0.05) is 17.3 Å². The smallest absolute Gasteiger partial charge is 0.323 e. The molecule has 3 rings (SSSR count). The third kappa shape index (κ3) is 3.05. The van der Waals surface area contributed by atoms with Crippen molar-refractivity contribution in [2.75, 3.05) is 25.5 Å². The van der Waals surface area contributed by atoms with E-state index in [1.807, 2.05) is 12.1 Å². The van der Waals surface area contributed by atoms with Crippen LogP contribution in [0.5, 0.6) is 5.75 Å².